The number of rotatable bonds is 4. The van der Waals surface area contributed by atoms with Crippen molar-refractivity contribution >= 4 is 23.4 Å². The Bertz CT molecular complexity index is 753. The Kier molecular flexibility index (Phi) is 5.94. The first kappa shape index (κ1) is 20.2. The summed E-state index contributed by atoms with van der Waals surface area (Å²) in [5, 5.41) is 7.45. The summed E-state index contributed by atoms with van der Waals surface area (Å²) in [5.74, 6) is -1.87. The molecule has 3 heterocycles. The molecule has 28 heavy (non-hydrogen) atoms. The molecule has 0 bridgehead atoms. The van der Waals surface area contributed by atoms with Crippen LogP contribution in [0.15, 0.2) is 18.3 Å². The molecule has 3 rings (SSSR count). The van der Waals surface area contributed by atoms with Gasteiger partial charge in [-0.1, -0.05) is 0 Å². The number of pyridine rings is 1. The first-order chi connectivity index (χ1) is 13.2. The van der Waals surface area contributed by atoms with Gasteiger partial charge in [0.2, 0.25) is 17.7 Å². The van der Waals surface area contributed by atoms with Crippen molar-refractivity contribution in [2.24, 2.45) is 0 Å². The van der Waals surface area contributed by atoms with Gasteiger partial charge in [-0.05, 0) is 18.6 Å². The number of piperazine rings is 1. The Morgan fingerprint density at radius 3 is 2.75 bits per heavy atom. The zero-order valence-corrected chi connectivity index (χ0v) is 14.9. The molecule has 0 radical (unpaired) electrons. The molecule has 0 aliphatic carbocycles. The first-order valence-electron chi connectivity index (χ1n) is 8.85. The molecule has 2 saturated heterocycles. The molecule has 8 nitrogen and oxygen atoms in total. The molecule has 2 unspecified atom stereocenters. The largest absolute Gasteiger partial charge is 0.405 e. The van der Waals surface area contributed by atoms with E-state index in [-0.39, 0.29) is 32.0 Å². The number of nitrogens with one attached hydrogen (secondary N) is 3. The number of hydrogen-bond acceptors (Lipinski definition) is 6. The molecule has 0 spiro atoms. The molecular weight excluding hydrogens is 379 g/mol. The number of amides is 3. The fraction of sp³-hybridized carbons (Fsp3) is 0.529. The van der Waals surface area contributed by atoms with Crippen LogP contribution in [0.4, 0.5) is 18.9 Å². The molecule has 2 aliphatic rings. The lowest BCUT2D eigenvalue weighted by molar-refractivity contribution is -0.187. The van der Waals surface area contributed by atoms with E-state index in [1.54, 1.807) is 6.07 Å². The maximum Gasteiger partial charge on any atom is 0.405 e. The minimum absolute atomic E-state index is 0.115. The number of alkyl halides is 3. The van der Waals surface area contributed by atoms with Gasteiger partial charge in [0.15, 0.2) is 0 Å². The normalized spacial score (nSPS) is 24.0. The van der Waals surface area contributed by atoms with Gasteiger partial charge in [0.25, 0.3) is 0 Å². The average molecular weight is 399 g/mol. The van der Waals surface area contributed by atoms with E-state index < -0.39 is 30.0 Å². The fourth-order valence-corrected chi connectivity index (χ4v) is 3.30. The summed E-state index contributed by atoms with van der Waals surface area (Å²) in [6.07, 6.45) is -2.50. The van der Waals surface area contributed by atoms with Gasteiger partial charge < -0.3 is 10.6 Å². The van der Waals surface area contributed by atoms with Crippen LogP contribution < -0.4 is 16.0 Å². The van der Waals surface area contributed by atoms with Crippen molar-refractivity contribution in [2.75, 3.05) is 31.5 Å². The smallest absolute Gasteiger partial charge is 0.324 e. The number of imide groups is 1. The van der Waals surface area contributed by atoms with Gasteiger partial charge in [0, 0.05) is 26.1 Å². The number of piperidine rings is 1. The van der Waals surface area contributed by atoms with Crippen LogP contribution in [0.25, 0.3) is 0 Å². The van der Waals surface area contributed by atoms with Crippen LogP contribution in [0.1, 0.15) is 24.5 Å². The number of carbonyl (C=O) groups excluding carboxylic acids is 3. The third-order valence-electron chi connectivity index (χ3n) is 4.75. The molecule has 0 aromatic carbocycles. The molecule has 152 valence electrons. The maximum atomic E-state index is 13.1. The van der Waals surface area contributed by atoms with Crippen molar-refractivity contribution in [3.8, 4) is 0 Å². The second-order valence-electron chi connectivity index (χ2n) is 6.76. The van der Waals surface area contributed by atoms with Gasteiger partial charge in [-0.3, -0.25) is 29.6 Å². The molecular formula is C17H20F3N5O3. The van der Waals surface area contributed by atoms with E-state index in [4.69, 9.17) is 0 Å². The van der Waals surface area contributed by atoms with E-state index in [1.165, 1.54) is 12.3 Å². The average Bonchev–Trinajstić information content (AvgIpc) is 2.62. The molecule has 2 atom stereocenters. The van der Waals surface area contributed by atoms with Crippen molar-refractivity contribution < 1.29 is 27.6 Å². The van der Waals surface area contributed by atoms with Crippen molar-refractivity contribution in [3.05, 3.63) is 24.0 Å². The second-order valence-corrected chi connectivity index (χ2v) is 6.76. The lowest BCUT2D eigenvalue weighted by Crippen LogP contribution is -2.59. The van der Waals surface area contributed by atoms with Crippen molar-refractivity contribution in [1.29, 1.82) is 0 Å². The maximum absolute atomic E-state index is 13.1. The first-order valence-corrected chi connectivity index (χ1v) is 8.85. The van der Waals surface area contributed by atoms with Gasteiger partial charge in [-0.2, -0.15) is 13.2 Å². The Hall–Kier alpha value is -2.53. The summed E-state index contributed by atoms with van der Waals surface area (Å²) in [6.45, 7) is -0.147. The van der Waals surface area contributed by atoms with Gasteiger partial charge in [-0.15, -0.1) is 0 Å². The number of nitrogens with zero attached hydrogens (tertiary/aromatic N) is 2. The van der Waals surface area contributed by atoms with E-state index in [1.807, 2.05) is 0 Å². The van der Waals surface area contributed by atoms with E-state index in [2.05, 4.69) is 20.9 Å². The second kappa shape index (κ2) is 8.23. The van der Waals surface area contributed by atoms with Crippen LogP contribution in [0.3, 0.4) is 0 Å². The highest BCUT2D eigenvalue weighted by Gasteiger charge is 2.45. The number of carbonyl (C=O) groups is 3. The molecule has 3 amide bonds. The van der Waals surface area contributed by atoms with Gasteiger partial charge in [0.1, 0.15) is 6.04 Å². The third-order valence-corrected chi connectivity index (χ3v) is 4.75. The molecule has 2 fully saturated rings. The summed E-state index contributed by atoms with van der Waals surface area (Å²) in [5.41, 5.74) is 0.780. The predicted octanol–water partition coefficient (Wildman–Crippen LogP) is 0.376. The van der Waals surface area contributed by atoms with E-state index >= 15 is 0 Å². The Balaban J connectivity index is 1.58. The highest BCUT2D eigenvalue weighted by molar-refractivity contribution is 6.00. The van der Waals surface area contributed by atoms with Crippen LogP contribution in [-0.4, -0.2) is 66.0 Å². The van der Waals surface area contributed by atoms with Crippen molar-refractivity contribution in [2.45, 2.75) is 31.0 Å². The number of anilines is 1. The highest BCUT2D eigenvalue weighted by atomic mass is 19.4. The monoisotopic (exact) mass is 399 g/mol. The number of halogens is 3. The summed E-state index contributed by atoms with van der Waals surface area (Å²) in [6, 6.07) is 1.38. The molecule has 1 aromatic rings. The van der Waals surface area contributed by atoms with Crippen molar-refractivity contribution in [3.63, 3.8) is 0 Å². The SMILES string of the molecule is O=C1CCC(c2ccc(NC(=O)CN3CCNCC3C(F)(F)F)cn2)C(=O)N1. The van der Waals surface area contributed by atoms with Gasteiger partial charge in [0.05, 0.1) is 30.0 Å². The standard InChI is InChI=1S/C17H20F3N5O3/c18-17(19,20)13-8-21-5-6-25(13)9-15(27)23-10-1-3-12(22-7-10)11-2-4-14(26)24-16(11)28/h1,3,7,11,13,21H,2,4-6,8-9H2,(H,23,27)(H,24,26,28). The Morgan fingerprint density at radius 2 is 2.11 bits per heavy atom. The van der Waals surface area contributed by atoms with Gasteiger partial charge in [-0.25, -0.2) is 0 Å². The summed E-state index contributed by atoms with van der Waals surface area (Å²) < 4.78 is 39.2. The molecule has 2 aliphatic heterocycles. The van der Waals surface area contributed by atoms with E-state index in [9.17, 15) is 27.6 Å². The van der Waals surface area contributed by atoms with Crippen LogP contribution in [0, 0.1) is 0 Å². The fourth-order valence-electron chi connectivity index (χ4n) is 3.30. The lowest BCUT2D eigenvalue weighted by Gasteiger charge is -2.36. The van der Waals surface area contributed by atoms with Crippen LogP contribution in [-0.2, 0) is 14.4 Å². The molecule has 0 saturated carbocycles. The molecule has 3 N–H and O–H groups in total. The van der Waals surface area contributed by atoms with Crippen LogP contribution in [0.5, 0.6) is 0 Å². The molecule has 1 aromatic heterocycles. The van der Waals surface area contributed by atoms with Gasteiger partial charge >= 0.3 is 6.18 Å². The van der Waals surface area contributed by atoms with E-state index in [0.717, 1.165) is 4.90 Å². The summed E-state index contributed by atoms with van der Waals surface area (Å²) in [7, 11) is 0. The van der Waals surface area contributed by atoms with Crippen molar-refractivity contribution in [1.82, 2.24) is 20.5 Å². The van der Waals surface area contributed by atoms with E-state index in [0.29, 0.717) is 24.3 Å². The zero-order valence-electron chi connectivity index (χ0n) is 14.9. The third kappa shape index (κ3) is 4.84. The lowest BCUT2D eigenvalue weighted by atomic mass is 9.94. The zero-order chi connectivity index (χ0) is 20.3. The summed E-state index contributed by atoms with van der Waals surface area (Å²) in [4.78, 5) is 40.4. The summed E-state index contributed by atoms with van der Waals surface area (Å²) >= 11 is 0. The number of hydrogen-bond donors (Lipinski definition) is 3. The minimum atomic E-state index is -4.42. The molecule has 11 heteroatoms. The highest BCUT2D eigenvalue weighted by Crippen LogP contribution is 2.26. The van der Waals surface area contributed by atoms with Crippen LogP contribution >= 0.6 is 0 Å². The van der Waals surface area contributed by atoms with Crippen LogP contribution in [0.2, 0.25) is 0 Å². The topological polar surface area (TPSA) is 103 Å². The quantitative estimate of drug-likeness (QED) is 0.633. The Labute approximate surface area is 158 Å². The number of aromatic nitrogens is 1. The predicted molar refractivity (Wildman–Crippen MR) is 92.3 cm³/mol. The Morgan fingerprint density at radius 1 is 1.32 bits per heavy atom. The minimum Gasteiger partial charge on any atom is -0.324 e.